The summed E-state index contributed by atoms with van der Waals surface area (Å²) in [5, 5.41) is 2.23. The number of carbonyl (C=O) groups is 2. The molecule has 1 rings (SSSR count). The van der Waals surface area contributed by atoms with Gasteiger partial charge in [-0.1, -0.05) is 0 Å². The molecule has 2 N–H and O–H groups in total. The van der Waals surface area contributed by atoms with Gasteiger partial charge in [-0.05, 0) is 0 Å². The third-order valence-electron chi connectivity index (χ3n) is 1.55. The predicted molar refractivity (Wildman–Crippen MR) is 40.9 cm³/mol. The summed E-state index contributed by atoms with van der Waals surface area (Å²) in [6.45, 7) is 1.00. The van der Waals surface area contributed by atoms with Crippen molar-refractivity contribution in [1.82, 2.24) is 9.62 Å². The summed E-state index contributed by atoms with van der Waals surface area (Å²) in [6.07, 6.45) is 0. The lowest BCUT2D eigenvalue weighted by atomic mass is 10.1. The first-order chi connectivity index (χ1) is 5.82. The first kappa shape index (κ1) is 9.93. The molecule has 0 aromatic carbocycles. The van der Waals surface area contributed by atoms with Gasteiger partial charge in [-0.3, -0.25) is 14.1 Å². The third-order valence-corrected chi connectivity index (χ3v) is 2.43. The van der Waals surface area contributed by atoms with E-state index in [0.717, 1.165) is 0 Å². The van der Waals surface area contributed by atoms with Gasteiger partial charge in [-0.2, -0.15) is 8.42 Å². The minimum Gasteiger partial charge on any atom is -0.343 e. The normalized spacial score (nSPS) is 22.5. The number of β-lactam (4-membered cyclic amide) rings is 1. The molecule has 1 saturated heterocycles. The van der Waals surface area contributed by atoms with Gasteiger partial charge >= 0.3 is 10.3 Å². The molecule has 1 aliphatic rings. The van der Waals surface area contributed by atoms with Gasteiger partial charge < -0.3 is 5.32 Å². The van der Waals surface area contributed by atoms with Crippen molar-refractivity contribution in [2.45, 2.75) is 13.0 Å². The first-order valence-corrected chi connectivity index (χ1v) is 4.78. The van der Waals surface area contributed by atoms with Crippen LogP contribution >= 0.6 is 0 Å². The SMILES string of the molecule is CC(=O)N[C@H]1CN(S(=O)(=O)O)C1=O. The Morgan fingerprint density at radius 3 is 2.54 bits per heavy atom. The van der Waals surface area contributed by atoms with Crippen LogP contribution in [0.4, 0.5) is 0 Å². The van der Waals surface area contributed by atoms with Gasteiger partial charge in [-0.25, -0.2) is 4.31 Å². The molecule has 0 spiro atoms. The molecule has 0 radical (unpaired) electrons. The van der Waals surface area contributed by atoms with Crippen molar-refractivity contribution in [2.24, 2.45) is 0 Å². The Balaban J connectivity index is 2.59. The highest BCUT2D eigenvalue weighted by Crippen LogP contribution is 2.13. The summed E-state index contributed by atoms with van der Waals surface area (Å²) in [6, 6.07) is -0.834. The van der Waals surface area contributed by atoms with E-state index in [4.69, 9.17) is 4.55 Å². The third kappa shape index (κ3) is 1.95. The summed E-state index contributed by atoms with van der Waals surface area (Å²) in [5.41, 5.74) is 0. The molecule has 1 heterocycles. The zero-order valence-corrected chi connectivity index (χ0v) is 7.54. The van der Waals surface area contributed by atoms with Crippen LogP contribution in [-0.2, 0) is 19.9 Å². The van der Waals surface area contributed by atoms with E-state index in [1.807, 2.05) is 0 Å². The van der Waals surface area contributed by atoms with Crippen molar-refractivity contribution in [3.63, 3.8) is 0 Å². The largest absolute Gasteiger partial charge is 0.362 e. The zero-order valence-electron chi connectivity index (χ0n) is 6.72. The quantitative estimate of drug-likeness (QED) is 0.409. The van der Waals surface area contributed by atoms with E-state index in [-0.39, 0.29) is 10.8 Å². The van der Waals surface area contributed by atoms with Crippen molar-refractivity contribution in [3.8, 4) is 0 Å². The van der Waals surface area contributed by atoms with Crippen LogP contribution in [0.15, 0.2) is 0 Å². The molecule has 7 nitrogen and oxygen atoms in total. The lowest BCUT2D eigenvalue weighted by Gasteiger charge is -2.34. The van der Waals surface area contributed by atoms with Crippen molar-refractivity contribution in [1.29, 1.82) is 0 Å². The van der Waals surface area contributed by atoms with E-state index in [1.165, 1.54) is 6.92 Å². The summed E-state index contributed by atoms with van der Waals surface area (Å²) in [4.78, 5) is 21.4. The van der Waals surface area contributed by atoms with Crippen LogP contribution in [0, 0.1) is 0 Å². The topological polar surface area (TPSA) is 104 Å². The summed E-state index contributed by atoms with van der Waals surface area (Å²) in [7, 11) is -4.45. The second kappa shape index (κ2) is 2.96. The molecule has 1 atom stereocenters. The molecule has 0 bridgehead atoms. The highest BCUT2D eigenvalue weighted by Gasteiger charge is 2.43. The fourth-order valence-corrected chi connectivity index (χ4v) is 1.65. The van der Waals surface area contributed by atoms with Gasteiger partial charge in [0.05, 0.1) is 6.54 Å². The number of amides is 2. The molecule has 13 heavy (non-hydrogen) atoms. The second-order valence-electron chi connectivity index (χ2n) is 2.60. The van der Waals surface area contributed by atoms with Crippen molar-refractivity contribution >= 4 is 22.1 Å². The van der Waals surface area contributed by atoms with E-state index < -0.39 is 28.2 Å². The van der Waals surface area contributed by atoms with Crippen LogP contribution in [0.25, 0.3) is 0 Å². The molecule has 0 aromatic heterocycles. The highest BCUT2D eigenvalue weighted by atomic mass is 32.2. The van der Waals surface area contributed by atoms with E-state index in [9.17, 15) is 18.0 Å². The minimum atomic E-state index is -4.45. The predicted octanol–water partition coefficient (Wildman–Crippen LogP) is -1.86. The molecule has 8 heteroatoms. The molecule has 1 aliphatic heterocycles. The van der Waals surface area contributed by atoms with Gasteiger partial charge in [0.2, 0.25) is 5.91 Å². The average molecular weight is 208 g/mol. The van der Waals surface area contributed by atoms with Crippen molar-refractivity contribution in [2.75, 3.05) is 6.54 Å². The van der Waals surface area contributed by atoms with E-state index >= 15 is 0 Å². The molecule has 0 aromatic rings. The maximum atomic E-state index is 10.9. The molecule has 1 fully saturated rings. The molecule has 0 unspecified atom stereocenters. The van der Waals surface area contributed by atoms with Crippen LogP contribution < -0.4 is 5.32 Å². The Bertz CT molecular complexity index is 348. The molecular formula is C5H8N2O5S. The van der Waals surface area contributed by atoms with Gasteiger partial charge in [0, 0.05) is 6.92 Å². The fraction of sp³-hybridized carbons (Fsp3) is 0.600. The minimum absolute atomic E-state index is 0.211. The molecule has 2 amide bonds. The monoisotopic (exact) mass is 208 g/mol. The first-order valence-electron chi connectivity index (χ1n) is 3.38. The molecule has 74 valence electrons. The number of hydrogen-bond acceptors (Lipinski definition) is 4. The number of nitrogens with zero attached hydrogens (tertiary/aromatic N) is 1. The number of carbonyl (C=O) groups excluding carboxylic acids is 2. The van der Waals surface area contributed by atoms with E-state index in [1.54, 1.807) is 0 Å². The van der Waals surface area contributed by atoms with E-state index in [0.29, 0.717) is 0 Å². The Labute approximate surface area is 74.6 Å². The van der Waals surface area contributed by atoms with Gasteiger partial charge in [0.25, 0.3) is 5.91 Å². The van der Waals surface area contributed by atoms with Crippen molar-refractivity contribution < 1.29 is 22.6 Å². The second-order valence-corrected chi connectivity index (χ2v) is 3.94. The maximum absolute atomic E-state index is 10.9. The number of rotatable bonds is 2. The van der Waals surface area contributed by atoms with Gasteiger partial charge in [-0.15, -0.1) is 0 Å². The number of nitrogens with one attached hydrogen (secondary N) is 1. The Morgan fingerprint density at radius 2 is 2.23 bits per heavy atom. The molecule has 0 aliphatic carbocycles. The molecule has 0 saturated carbocycles. The molecular weight excluding hydrogens is 200 g/mol. The van der Waals surface area contributed by atoms with Crippen LogP contribution in [-0.4, -0.2) is 41.7 Å². The summed E-state index contributed by atoms with van der Waals surface area (Å²) >= 11 is 0. The smallest absolute Gasteiger partial charge is 0.343 e. The van der Waals surface area contributed by atoms with Crippen molar-refractivity contribution in [3.05, 3.63) is 0 Å². The summed E-state index contributed by atoms with van der Waals surface area (Å²) in [5.74, 6) is -1.24. The van der Waals surface area contributed by atoms with Crippen LogP contribution in [0.1, 0.15) is 6.92 Å². The van der Waals surface area contributed by atoms with Gasteiger partial charge in [0.1, 0.15) is 6.04 Å². The Kier molecular flexibility index (Phi) is 2.26. The fourth-order valence-electron chi connectivity index (χ4n) is 0.956. The summed E-state index contributed by atoms with van der Waals surface area (Å²) < 4.78 is 29.5. The lowest BCUT2D eigenvalue weighted by Crippen LogP contribution is -2.64. The Hall–Kier alpha value is -1.15. The van der Waals surface area contributed by atoms with Crippen LogP contribution in [0.5, 0.6) is 0 Å². The van der Waals surface area contributed by atoms with E-state index in [2.05, 4.69) is 5.32 Å². The Morgan fingerprint density at radius 1 is 1.69 bits per heavy atom. The average Bonchev–Trinajstić information content (AvgIpc) is 1.93. The highest BCUT2D eigenvalue weighted by molar-refractivity contribution is 7.84. The number of hydrogen-bond donors (Lipinski definition) is 2. The zero-order chi connectivity index (χ0) is 10.2. The maximum Gasteiger partial charge on any atom is 0.362 e. The van der Waals surface area contributed by atoms with Crippen LogP contribution in [0.2, 0.25) is 0 Å². The van der Waals surface area contributed by atoms with Gasteiger partial charge in [0.15, 0.2) is 0 Å². The van der Waals surface area contributed by atoms with Crippen LogP contribution in [0.3, 0.4) is 0 Å². The standard InChI is InChI=1S/C5H8N2O5S/c1-3(8)6-4-2-7(5(4)9)13(10,11)12/h4H,2H2,1H3,(H,6,8)(H,10,11,12)/t4-/m0/s1. The lowest BCUT2D eigenvalue weighted by molar-refractivity contribution is -0.140.